The molecule has 1 amide bonds. The number of nitrogens with one attached hydrogen (secondary N) is 1. The normalized spacial score (nSPS) is 15.5. The van der Waals surface area contributed by atoms with E-state index in [0.717, 1.165) is 42.6 Å². The second-order valence-corrected chi connectivity index (χ2v) is 7.48. The summed E-state index contributed by atoms with van der Waals surface area (Å²) < 4.78 is 0. The first kappa shape index (κ1) is 19.3. The Morgan fingerprint density at radius 1 is 1.00 bits per heavy atom. The van der Waals surface area contributed by atoms with Crippen molar-refractivity contribution in [2.45, 2.75) is 33.2 Å². The fourth-order valence-electron chi connectivity index (χ4n) is 3.57. The number of rotatable bonds is 6. The van der Waals surface area contributed by atoms with Crippen LogP contribution < -0.4 is 5.32 Å². The number of nitrogens with zero attached hydrogens (tertiary/aromatic N) is 1. The van der Waals surface area contributed by atoms with Gasteiger partial charge in [0.1, 0.15) is 0 Å². The molecule has 1 fully saturated rings. The van der Waals surface area contributed by atoms with Crippen LogP contribution in [0.1, 0.15) is 39.9 Å². The van der Waals surface area contributed by atoms with Crippen LogP contribution in [0, 0.1) is 19.8 Å². The van der Waals surface area contributed by atoms with Gasteiger partial charge in [0.2, 0.25) is 5.91 Å². The summed E-state index contributed by atoms with van der Waals surface area (Å²) in [6.07, 6.45) is 1.63. The van der Waals surface area contributed by atoms with Gasteiger partial charge < -0.3 is 5.32 Å². The fourth-order valence-corrected chi connectivity index (χ4v) is 3.57. The Bertz CT molecular complexity index is 790. The summed E-state index contributed by atoms with van der Waals surface area (Å²) in [6.45, 7) is 6.62. The Morgan fingerprint density at radius 2 is 1.67 bits per heavy atom. The highest BCUT2D eigenvalue weighted by Crippen LogP contribution is 2.22. The van der Waals surface area contributed by atoms with Gasteiger partial charge in [0.25, 0.3) is 0 Å². The first-order chi connectivity index (χ1) is 13.0. The Labute approximate surface area is 161 Å². The number of Topliss-reactive ketones (excluding diaryl/α,β-unsaturated/α-hetero) is 1. The number of hydrogen-bond acceptors (Lipinski definition) is 3. The molecule has 0 atom stereocenters. The van der Waals surface area contributed by atoms with Gasteiger partial charge in [-0.3, -0.25) is 14.5 Å². The van der Waals surface area contributed by atoms with Crippen LogP contribution in [-0.4, -0.2) is 36.2 Å². The summed E-state index contributed by atoms with van der Waals surface area (Å²) in [5.74, 6) is 0.346. The third-order valence-corrected chi connectivity index (χ3v) is 5.40. The van der Waals surface area contributed by atoms with Crippen molar-refractivity contribution < 1.29 is 9.59 Å². The first-order valence-corrected chi connectivity index (χ1v) is 9.67. The summed E-state index contributed by atoms with van der Waals surface area (Å²) >= 11 is 0. The zero-order valence-electron chi connectivity index (χ0n) is 16.2. The van der Waals surface area contributed by atoms with Crippen molar-refractivity contribution in [2.24, 2.45) is 5.92 Å². The summed E-state index contributed by atoms with van der Waals surface area (Å²) in [4.78, 5) is 27.0. The standard InChI is InChI=1S/C23H28N2O2/c1-17-7-9-19(10-8-17)23(27)20-11-13-25(14-12-20)16-22(26)24-15-21-6-4-3-5-18(21)2/h3-10,20H,11-16H2,1-2H3,(H,24,26). The van der Waals surface area contributed by atoms with Crippen LogP contribution in [0.2, 0.25) is 0 Å². The van der Waals surface area contributed by atoms with Crippen molar-refractivity contribution in [3.05, 3.63) is 70.8 Å². The van der Waals surface area contributed by atoms with Gasteiger partial charge in [-0.25, -0.2) is 0 Å². The number of carbonyl (C=O) groups excluding carboxylic acids is 2. The van der Waals surface area contributed by atoms with Crippen molar-refractivity contribution in [1.29, 1.82) is 0 Å². The molecule has 0 spiro atoms. The van der Waals surface area contributed by atoms with E-state index in [1.807, 2.05) is 49.4 Å². The van der Waals surface area contributed by atoms with E-state index in [-0.39, 0.29) is 17.6 Å². The molecule has 1 saturated heterocycles. The lowest BCUT2D eigenvalue weighted by molar-refractivity contribution is -0.122. The molecule has 0 saturated carbocycles. The Morgan fingerprint density at radius 3 is 2.33 bits per heavy atom. The smallest absolute Gasteiger partial charge is 0.234 e. The van der Waals surface area contributed by atoms with Gasteiger partial charge >= 0.3 is 0 Å². The lowest BCUT2D eigenvalue weighted by atomic mass is 9.88. The van der Waals surface area contributed by atoms with Gasteiger partial charge in [-0.05, 0) is 50.9 Å². The first-order valence-electron chi connectivity index (χ1n) is 9.67. The number of amides is 1. The molecule has 4 nitrogen and oxygen atoms in total. The van der Waals surface area contributed by atoms with Crippen molar-refractivity contribution in [1.82, 2.24) is 10.2 Å². The maximum Gasteiger partial charge on any atom is 0.234 e. The van der Waals surface area contributed by atoms with Crippen molar-refractivity contribution in [3.8, 4) is 0 Å². The van der Waals surface area contributed by atoms with Gasteiger partial charge in [0, 0.05) is 18.0 Å². The molecule has 0 radical (unpaired) electrons. The minimum atomic E-state index is 0.0431. The molecular weight excluding hydrogens is 336 g/mol. The Balaban J connectivity index is 1.43. The zero-order valence-corrected chi connectivity index (χ0v) is 16.2. The Kier molecular flexibility index (Phi) is 6.40. The third-order valence-electron chi connectivity index (χ3n) is 5.40. The molecule has 142 valence electrons. The van der Waals surface area contributed by atoms with E-state index in [2.05, 4.69) is 23.2 Å². The van der Waals surface area contributed by atoms with Crippen LogP contribution in [0.25, 0.3) is 0 Å². The molecule has 1 heterocycles. The van der Waals surface area contributed by atoms with E-state index < -0.39 is 0 Å². The number of likely N-dealkylation sites (tertiary alicyclic amines) is 1. The number of piperidine rings is 1. The predicted octanol–water partition coefficient (Wildman–Crippen LogP) is 3.51. The van der Waals surface area contributed by atoms with E-state index in [4.69, 9.17) is 0 Å². The molecule has 2 aromatic carbocycles. The molecule has 3 rings (SSSR count). The van der Waals surface area contributed by atoms with Crippen LogP contribution in [0.3, 0.4) is 0 Å². The predicted molar refractivity (Wildman–Crippen MR) is 108 cm³/mol. The van der Waals surface area contributed by atoms with Gasteiger partial charge in [-0.15, -0.1) is 0 Å². The fraction of sp³-hybridized carbons (Fsp3) is 0.391. The largest absolute Gasteiger partial charge is 0.351 e. The maximum absolute atomic E-state index is 12.6. The van der Waals surface area contributed by atoms with Crippen LogP contribution in [0.5, 0.6) is 0 Å². The van der Waals surface area contributed by atoms with Crippen LogP contribution in [0.4, 0.5) is 0 Å². The minimum absolute atomic E-state index is 0.0431. The monoisotopic (exact) mass is 364 g/mol. The lowest BCUT2D eigenvalue weighted by Crippen LogP contribution is -2.42. The molecule has 0 aliphatic carbocycles. The average molecular weight is 364 g/mol. The maximum atomic E-state index is 12.6. The summed E-state index contributed by atoms with van der Waals surface area (Å²) in [7, 11) is 0. The van der Waals surface area contributed by atoms with Gasteiger partial charge in [-0.2, -0.15) is 0 Å². The molecule has 0 bridgehead atoms. The average Bonchev–Trinajstić information content (AvgIpc) is 2.68. The van der Waals surface area contributed by atoms with Crippen LogP contribution in [-0.2, 0) is 11.3 Å². The third kappa shape index (κ3) is 5.27. The molecule has 1 N–H and O–H groups in total. The second-order valence-electron chi connectivity index (χ2n) is 7.48. The molecule has 0 aromatic heterocycles. The summed E-state index contributed by atoms with van der Waals surface area (Å²) in [5.41, 5.74) is 4.30. The summed E-state index contributed by atoms with van der Waals surface area (Å²) in [5, 5.41) is 3.00. The molecule has 4 heteroatoms. The molecule has 27 heavy (non-hydrogen) atoms. The molecule has 0 unspecified atom stereocenters. The molecule has 1 aliphatic rings. The quantitative estimate of drug-likeness (QED) is 0.798. The van der Waals surface area contributed by atoms with Crippen molar-refractivity contribution in [3.63, 3.8) is 0 Å². The van der Waals surface area contributed by atoms with E-state index in [1.54, 1.807) is 0 Å². The van der Waals surface area contributed by atoms with Gasteiger partial charge in [-0.1, -0.05) is 54.1 Å². The van der Waals surface area contributed by atoms with E-state index in [0.29, 0.717) is 13.1 Å². The van der Waals surface area contributed by atoms with Crippen molar-refractivity contribution >= 4 is 11.7 Å². The van der Waals surface area contributed by atoms with E-state index >= 15 is 0 Å². The van der Waals surface area contributed by atoms with Gasteiger partial charge in [0.05, 0.1) is 6.54 Å². The number of aryl methyl sites for hydroxylation is 2. The topological polar surface area (TPSA) is 49.4 Å². The van der Waals surface area contributed by atoms with Gasteiger partial charge in [0.15, 0.2) is 5.78 Å². The minimum Gasteiger partial charge on any atom is -0.351 e. The summed E-state index contributed by atoms with van der Waals surface area (Å²) in [6, 6.07) is 15.9. The Hall–Kier alpha value is -2.46. The number of carbonyl (C=O) groups is 2. The number of ketones is 1. The lowest BCUT2D eigenvalue weighted by Gasteiger charge is -2.30. The molecular formula is C23H28N2O2. The van der Waals surface area contributed by atoms with E-state index in [1.165, 1.54) is 5.56 Å². The molecule has 1 aliphatic heterocycles. The molecule has 2 aromatic rings. The zero-order chi connectivity index (χ0) is 19.2. The van der Waals surface area contributed by atoms with Crippen LogP contribution in [0.15, 0.2) is 48.5 Å². The highest BCUT2D eigenvalue weighted by molar-refractivity contribution is 5.97. The highest BCUT2D eigenvalue weighted by Gasteiger charge is 2.26. The van der Waals surface area contributed by atoms with Crippen molar-refractivity contribution in [2.75, 3.05) is 19.6 Å². The second kappa shape index (κ2) is 8.96. The van der Waals surface area contributed by atoms with E-state index in [9.17, 15) is 9.59 Å². The SMILES string of the molecule is Cc1ccc(C(=O)C2CCN(CC(=O)NCc3ccccc3C)CC2)cc1. The number of hydrogen-bond donors (Lipinski definition) is 1. The number of benzene rings is 2. The highest BCUT2D eigenvalue weighted by atomic mass is 16.2. The van der Waals surface area contributed by atoms with Crippen LogP contribution >= 0.6 is 0 Å².